The van der Waals surface area contributed by atoms with E-state index in [1.54, 1.807) is 32.9 Å². The van der Waals surface area contributed by atoms with Gasteiger partial charge in [-0.05, 0) is 39.5 Å². The van der Waals surface area contributed by atoms with Gasteiger partial charge in [0.1, 0.15) is 12.2 Å². The molecule has 0 aromatic rings. The number of nitrogens with one attached hydrogen (secondary N) is 1. The molecule has 6 heteroatoms. The fourth-order valence-electron chi connectivity index (χ4n) is 2.25. The monoisotopic (exact) mass is 381 g/mol. The molecule has 0 aromatic carbocycles. The lowest BCUT2D eigenvalue weighted by molar-refractivity contribution is -0.162. The Bertz CT molecular complexity index is 519. The molecule has 0 radical (unpaired) electrons. The van der Waals surface area contributed by atoms with E-state index in [0.29, 0.717) is 19.3 Å². The number of allylic oxidation sites excluding steroid dienone is 2. The van der Waals surface area contributed by atoms with Crippen LogP contribution < -0.4 is 5.32 Å². The van der Waals surface area contributed by atoms with Gasteiger partial charge in [0.2, 0.25) is 5.91 Å². The third-order valence-corrected chi connectivity index (χ3v) is 3.75. The minimum Gasteiger partial charge on any atom is -0.463 e. The molecule has 0 saturated heterocycles. The zero-order valence-corrected chi connectivity index (χ0v) is 17.4. The molecule has 154 valence electrons. The molecule has 0 aromatic heterocycles. The number of amides is 1. The van der Waals surface area contributed by atoms with E-state index in [1.807, 2.05) is 13.8 Å². The molecular formula is C21H35NO5. The first kappa shape index (κ1) is 24.9. The van der Waals surface area contributed by atoms with Crippen LogP contribution in [0.4, 0.5) is 0 Å². The SMILES string of the molecule is C=CCCC(=O)NC(COC(=O)C(CC=C)CC(=O)OC(C)(C)C)C(C)C. The summed E-state index contributed by atoms with van der Waals surface area (Å²) >= 11 is 0. The van der Waals surface area contributed by atoms with Crippen LogP contribution in [0.2, 0.25) is 0 Å². The summed E-state index contributed by atoms with van der Waals surface area (Å²) in [5.41, 5.74) is -0.613. The van der Waals surface area contributed by atoms with E-state index < -0.39 is 23.5 Å². The van der Waals surface area contributed by atoms with Crippen molar-refractivity contribution in [3.05, 3.63) is 25.3 Å². The first-order chi connectivity index (χ1) is 12.5. The summed E-state index contributed by atoms with van der Waals surface area (Å²) in [6.07, 6.45) is 4.44. The first-order valence-corrected chi connectivity index (χ1v) is 9.39. The number of rotatable bonds is 12. The molecule has 0 aliphatic heterocycles. The van der Waals surface area contributed by atoms with Crippen molar-refractivity contribution in [1.82, 2.24) is 5.32 Å². The normalized spacial score (nSPS) is 13.4. The Kier molecular flexibility index (Phi) is 11.3. The highest BCUT2D eigenvalue weighted by Gasteiger charge is 2.27. The van der Waals surface area contributed by atoms with Crippen molar-refractivity contribution in [3.63, 3.8) is 0 Å². The maximum Gasteiger partial charge on any atom is 0.309 e. The second kappa shape index (κ2) is 12.3. The molecule has 27 heavy (non-hydrogen) atoms. The molecule has 2 atom stereocenters. The summed E-state index contributed by atoms with van der Waals surface area (Å²) in [5, 5.41) is 2.87. The lowest BCUT2D eigenvalue weighted by Gasteiger charge is -2.24. The van der Waals surface area contributed by atoms with E-state index >= 15 is 0 Å². The molecule has 0 aliphatic rings. The summed E-state index contributed by atoms with van der Waals surface area (Å²) in [6, 6.07) is -0.294. The number of hydrogen-bond acceptors (Lipinski definition) is 5. The highest BCUT2D eigenvalue weighted by Crippen LogP contribution is 2.17. The second-order valence-corrected chi connectivity index (χ2v) is 7.89. The van der Waals surface area contributed by atoms with Gasteiger partial charge in [-0.25, -0.2) is 0 Å². The maximum atomic E-state index is 12.4. The molecule has 2 unspecified atom stereocenters. The van der Waals surface area contributed by atoms with E-state index in [9.17, 15) is 14.4 Å². The Morgan fingerprint density at radius 2 is 1.74 bits per heavy atom. The van der Waals surface area contributed by atoms with E-state index in [0.717, 1.165) is 0 Å². The van der Waals surface area contributed by atoms with E-state index in [4.69, 9.17) is 9.47 Å². The molecule has 0 rings (SSSR count). The van der Waals surface area contributed by atoms with E-state index in [-0.39, 0.29) is 30.9 Å². The van der Waals surface area contributed by atoms with E-state index in [2.05, 4.69) is 18.5 Å². The van der Waals surface area contributed by atoms with Crippen LogP contribution in [0.3, 0.4) is 0 Å². The Hall–Kier alpha value is -2.11. The van der Waals surface area contributed by atoms with Crippen molar-refractivity contribution in [2.75, 3.05) is 6.61 Å². The Labute approximate surface area is 163 Å². The molecule has 0 bridgehead atoms. The van der Waals surface area contributed by atoms with Crippen LogP contribution in [-0.4, -0.2) is 36.1 Å². The van der Waals surface area contributed by atoms with Crippen molar-refractivity contribution in [3.8, 4) is 0 Å². The van der Waals surface area contributed by atoms with Gasteiger partial charge in [0.15, 0.2) is 0 Å². The van der Waals surface area contributed by atoms with Crippen molar-refractivity contribution < 1.29 is 23.9 Å². The summed E-state index contributed by atoms with van der Waals surface area (Å²) < 4.78 is 10.7. The molecular weight excluding hydrogens is 346 g/mol. The van der Waals surface area contributed by atoms with Crippen LogP contribution in [0, 0.1) is 11.8 Å². The second-order valence-electron chi connectivity index (χ2n) is 7.89. The quantitative estimate of drug-likeness (QED) is 0.413. The molecule has 0 fully saturated rings. The molecule has 1 N–H and O–H groups in total. The minimum absolute atomic E-state index is 0.0539. The maximum absolute atomic E-state index is 12.4. The summed E-state index contributed by atoms with van der Waals surface area (Å²) in [5.74, 6) is -1.62. The van der Waals surface area contributed by atoms with Gasteiger partial charge in [-0.15, -0.1) is 13.2 Å². The first-order valence-electron chi connectivity index (χ1n) is 9.39. The number of hydrogen-bond donors (Lipinski definition) is 1. The minimum atomic E-state index is -0.651. The summed E-state index contributed by atoms with van der Waals surface area (Å²) in [4.78, 5) is 36.3. The Balaban J connectivity index is 4.75. The average Bonchev–Trinajstić information content (AvgIpc) is 2.53. The summed E-state index contributed by atoms with van der Waals surface area (Å²) in [6.45, 7) is 16.5. The van der Waals surface area contributed by atoms with Crippen LogP contribution in [0.15, 0.2) is 25.3 Å². The summed E-state index contributed by atoms with van der Waals surface area (Å²) in [7, 11) is 0. The van der Waals surface area contributed by atoms with Crippen molar-refractivity contribution in [2.24, 2.45) is 11.8 Å². The molecule has 0 aliphatic carbocycles. The fourth-order valence-corrected chi connectivity index (χ4v) is 2.25. The van der Waals surface area contributed by atoms with Gasteiger partial charge >= 0.3 is 11.9 Å². The van der Waals surface area contributed by atoms with Crippen LogP contribution in [-0.2, 0) is 23.9 Å². The van der Waals surface area contributed by atoms with Crippen molar-refractivity contribution >= 4 is 17.8 Å². The number of carbonyl (C=O) groups is 3. The number of carbonyl (C=O) groups excluding carboxylic acids is 3. The van der Waals surface area contributed by atoms with Gasteiger partial charge in [-0.2, -0.15) is 0 Å². The van der Waals surface area contributed by atoms with Crippen molar-refractivity contribution in [1.29, 1.82) is 0 Å². The number of esters is 2. The van der Waals surface area contributed by atoms with Crippen molar-refractivity contribution in [2.45, 2.75) is 71.9 Å². The third kappa shape index (κ3) is 12.0. The van der Waals surface area contributed by atoms with Gasteiger partial charge in [-0.1, -0.05) is 26.0 Å². The van der Waals surface area contributed by atoms with Gasteiger partial charge < -0.3 is 14.8 Å². The number of ether oxygens (including phenoxy) is 2. The van der Waals surface area contributed by atoms with Gasteiger partial charge in [0.05, 0.1) is 18.4 Å². The van der Waals surface area contributed by atoms with Gasteiger partial charge in [-0.3, -0.25) is 14.4 Å². The van der Waals surface area contributed by atoms with Crippen LogP contribution in [0.5, 0.6) is 0 Å². The molecule has 1 amide bonds. The predicted octanol–water partition coefficient (Wildman–Crippen LogP) is 3.56. The smallest absolute Gasteiger partial charge is 0.309 e. The standard InChI is InChI=1S/C21H35NO5/c1-8-10-12-18(23)22-17(15(3)4)14-26-20(25)16(11-9-2)13-19(24)27-21(5,6)7/h8-9,15-17H,1-2,10-14H2,3-7H3,(H,22,23). The predicted molar refractivity (Wildman–Crippen MR) is 106 cm³/mol. The topological polar surface area (TPSA) is 81.7 Å². The largest absolute Gasteiger partial charge is 0.463 e. The van der Waals surface area contributed by atoms with Crippen LogP contribution in [0.25, 0.3) is 0 Å². The highest BCUT2D eigenvalue weighted by molar-refractivity contribution is 5.80. The lowest BCUT2D eigenvalue weighted by Crippen LogP contribution is -2.42. The van der Waals surface area contributed by atoms with Gasteiger partial charge in [0, 0.05) is 6.42 Å². The van der Waals surface area contributed by atoms with E-state index in [1.165, 1.54) is 0 Å². The lowest BCUT2D eigenvalue weighted by atomic mass is 10.0. The molecule has 0 saturated carbocycles. The Morgan fingerprint density at radius 3 is 2.22 bits per heavy atom. The zero-order valence-electron chi connectivity index (χ0n) is 17.4. The molecule has 6 nitrogen and oxygen atoms in total. The zero-order chi connectivity index (χ0) is 21.0. The third-order valence-electron chi connectivity index (χ3n) is 3.75. The van der Waals surface area contributed by atoms with Gasteiger partial charge in [0.25, 0.3) is 0 Å². The van der Waals surface area contributed by atoms with Crippen LogP contribution in [0.1, 0.15) is 60.3 Å². The highest BCUT2D eigenvalue weighted by atomic mass is 16.6. The average molecular weight is 382 g/mol. The fraction of sp³-hybridized carbons (Fsp3) is 0.667. The molecule has 0 spiro atoms. The Morgan fingerprint density at radius 1 is 1.11 bits per heavy atom. The molecule has 0 heterocycles. The van der Waals surface area contributed by atoms with Crippen LogP contribution >= 0.6 is 0 Å².